The highest BCUT2D eigenvalue weighted by Gasteiger charge is 2.51. The highest BCUT2D eigenvalue weighted by atomic mass is 19.1. The van der Waals surface area contributed by atoms with Crippen LogP contribution in [-0.2, 0) is 25.6 Å². The van der Waals surface area contributed by atoms with Gasteiger partial charge in [0, 0.05) is 25.1 Å². The maximum absolute atomic E-state index is 15.0. The van der Waals surface area contributed by atoms with Gasteiger partial charge < -0.3 is 37.2 Å². The molecule has 37 heavy (non-hydrogen) atoms. The Morgan fingerprint density at radius 1 is 1.11 bits per heavy atom. The van der Waals surface area contributed by atoms with Gasteiger partial charge in [0.15, 0.2) is 0 Å². The Morgan fingerprint density at radius 2 is 1.78 bits per heavy atom. The van der Waals surface area contributed by atoms with E-state index in [1.165, 1.54) is 35.8 Å². The number of carbonyl (C=O) groups is 4. The summed E-state index contributed by atoms with van der Waals surface area (Å²) in [7, 11) is 0. The lowest BCUT2D eigenvalue weighted by atomic mass is 9.85. The first-order valence-corrected chi connectivity index (χ1v) is 12.4. The van der Waals surface area contributed by atoms with Crippen LogP contribution in [0.15, 0.2) is 18.2 Å². The predicted octanol–water partition coefficient (Wildman–Crippen LogP) is -1.14. The molecule has 1 aromatic rings. The Labute approximate surface area is 214 Å². The van der Waals surface area contributed by atoms with Gasteiger partial charge in [-0.1, -0.05) is 12.1 Å². The highest BCUT2D eigenvalue weighted by molar-refractivity contribution is 5.95. The molecule has 2 fully saturated rings. The highest BCUT2D eigenvalue weighted by Crippen LogP contribution is 2.36. The molecule has 0 spiro atoms. The number of nitrogens with zero attached hydrogens (tertiary/aromatic N) is 2. The van der Waals surface area contributed by atoms with E-state index in [0.29, 0.717) is 31.4 Å². The molecule has 2 saturated heterocycles. The number of carbonyl (C=O) groups excluding carboxylic acids is 4. The van der Waals surface area contributed by atoms with Gasteiger partial charge in [-0.25, -0.2) is 4.39 Å². The lowest BCUT2D eigenvalue weighted by Crippen LogP contribution is -2.62. The first-order valence-electron chi connectivity index (χ1n) is 12.4. The van der Waals surface area contributed by atoms with Gasteiger partial charge in [0.25, 0.3) is 0 Å². The van der Waals surface area contributed by atoms with Gasteiger partial charge in [-0.2, -0.15) is 0 Å². The average Bonchev–Trinajstić information content (AvgIpc) is 3.47. The van der Waals surface area contributed by atoms with Crippen LogP contribution in [0.5, 0.6) is 0 Å². The van der Waals surface area contributed by atoms with E-state index in [9.17, 15) is 29.4 Å². The molecular weight excluding hydrogens is 485 g/mol. The second-order valence-electron chi connectivity index (χ2n) is 10.1. The number of halogens is 1. The minimum atomic E-state index is -1.44. The average molecular weight is 522 g/mol. The first-order chi connectivity index (χ1) is 17.3. The molecule has 8 N–H and O–H groups in total. The van der Waals surface area contributed by atoms with Crippen molar-refractivity contribution >= 4 is 23.6 Å². The number of hydrogen-bond acceptors (Lipinski definition) is 7. The number of aliphatic hydroxyl groups is 2. The van der Waals surface area contributed by atoms with E-state index in [1.807, 2.05) is 0 Å². The van der Waals surface area contributed by atoms with Crippen molar-refractivity contribution in [1.29, 1.82) is 0 Å². The summed E-state index contributed by atoms with van der Waals surface area (Å²) in [6.45, 7) is 3.25. The lowest BCUT2D eigenvalue weighted by Gasteiger charge is -2.39. The van der Waals surface area contributed by atoms with Gasteiger partial charge in [-0.15, -0.1) is 0 Å². The summed E-state index contributed by atoms with van der Waals surface area (Å²) in [4.78, 5) is 53.8. The van der Waals surface area contributed by atoms with Crippen molar-refractivity contribution in [2.24, 2.45) is 17.2 Å². The van der Waals surface area contributed by atoms with Crippen LogP contribution in [0.1, 0.15) is 56.6 Å². The fourth-order valence-corrected chi connectivity index (χ4v) is 5.51. The number of benzene rings is 1. The molecule has 11 nitrogen and oxygen atoms in total. The van der Waals surface area contributed by atoms with E-state index in [1.54, 1.807) is 0 Å². The number of rotatable bonds is 9. The fraction of sp³-hybridized carbons (Fsp3) is 0.600. The standard InChI is InChI=1S/C25H36FN5O6/c1-13(32)19(21(28)34)16-7-6-15(11-17(16)26)12-25(24(29)37)8-4-10-31(25)22(35)18-5-3-9-30(18)23(36)20(27)14(2)33/h6-7,11,13-14,18-20,32-33H,3-5,8-10,12,27H2,1-2H3,(H2,28,34)(H2,29,37)/t13-,14-,18+,19-,20+,25+/m1/s1. The second kappa shape index (κ2) is 11.1. The third kappa shape index (κ3) is 5.46. The van der Waals surface area contributed by atoms with Gasteiger partial charge in [-0.05, 0) is 51.2 Å². The van der Waals surface area contributed by atoms with E-state index in [-0.39, 0.29) is 24.9 Å². The summed E-state index contributed by atoms with van der Waals surface area (Å²) in [5.41, 5.74) is 15.8. The normalized spacial score (nSPS) is 25.0. The second-order valence-corrected chi connectivity index (χ2v) is 10.1. The summed E-state index contributed by atoms with van der Waals surface area (Å²) >= 11 is 0. The van der Waals surface area contributed by atoms with Gasteiger partial charge in [0.2, 0.25) is 23.6 Å². The molecule has 2 heterocycles. The molecule has 0 bridgehead atoms. The Kier molecular flexibility index (Phi) is 8.56. The van der Waals surface area contributed by atoms with Gasteiger partial charge in [0.05, 0.1) is 18.1 Å². The summed E-state index contributed by atoms with van der Waals surface area (Å²) in [5.74, 6) is -4.65. The fourth-order valence-electron chi connectivity index (χ4n) is 5.51. The smallest absolute Gasteiger partial charge is 0.246 e. The van der Waals surface area contributed by atoms with Gasteiger partial charge in [0.1, 0.15) is 23.4 Å². The van der Waals surface area contributed by atoms with Gasteiger partial charge in [-0.3, -0.25) is 19.2 Å². The Bertz CT molecular complexity index is 1070. The first kappa shape index (κ1) is 28.5. The number of nitrogens with two attached hydrogens (primary N) is 3. The molecule has 0 aliphatic carbocycles. The molecule has 6 atom stereocenters. The van der Waals surface area contributed by atoms with Crippen molar-refractivity contribution in [3.8, 4) is 0 Å². The van der Waals surface area contributed by atoms with Crippen LogP contribution in [0.4, 0.5) is 4.39 Å². The van der Waals surface area contributed by atoms with Crippen LogP contribution in [-0.4, -0.2) is 86.6 Å². The number of likely N-dealkylation sites (tertiary alicyclic amines) is 2. The molecule has 0 aromatic heterocycles. The van der Waals surface area contributed by atoms with E-state index in [0.717, 1.165) is 6.07 Å². The monoisotopic (exact) mass is 521 g/mol. The third-order valence-electron chi connectivity index (χ3n) is 7.52. The Hall–Kier alpha value is -3.09. The largest absolute Gasteiger partial charge is 0.392 e. The van der Waals surface area contributed by atoms with E-state index in [4.69, 9.17) is 17.2 Å². The van der Waals surface area contributed by atoms with Gasteiger partial charge >= 0.3 is 0 Å². The summed E-state index contributed by atoms with van der Waals surface area (Å²) in [6, 6.07) is 1.95. The Morgan fingerprint density at radius 3 is 2.32 bits per heavy atom. The summed E-state index contributed by atoms with van der Waals surface area (Å²) in [5, 5.41) is 19.6. The summed E-state index contributed by atoms with van der Waals surface area (Å²) < 4.78 is 15.0. The third-order valence-corrected chi connectivity index (χ3v) is 7.52. The molecule has 0 saturated carbocycles. The summed E-state index contributed by atoms with van der Waals surface area (Å²) in [6.07, 6.45) is -0.715. The molecule has 2 aliphatic heterocycles. The van der Waals surface area contributed by atoms with Crippen molar-refractivity contribution in [3.05, 3.63) is 35.1 Å². The van der Waals surface area contributed by atoms with Crippen molar-refractivity contribution < 1.29 is 33.8 Å². The molecule has 0 unspecified atom stereocenters. The quantitative estimate of drug-likeness (QED) is 0.271. The molecule has 1 aromatic carbocycles. The van der Waals surface area contributed by atoms with Crippen LogP contribution in [0.3, 0.4) is 0 Å². The minimum absolute atomic E-state index is 0.0744. The zero-order chi connectivity index (χ0) is 27.7. The van der Waals surface area contributed by atoms with Crippen LogP contribution < -0.4 is 17.2 Å². The number of aliphatic hydroxyl groups excluding tert-OH is 2. The Balaban J connectivity index is 1.90. The number of amides is 4. The molecule has 12 heteroatoms. The SMILES string of the molecule is C[C@@H](O)[C@H](N)C(=O)N1CCC[C@H]1C(=O)N1CCC[C@]1(Cc1ccc([C@H](C(N)=O)[C@@H](C)O)c(F)c1)C(N)=O. The predicted molar refractivity (Wildman–Crippen MR) is 131 cm³/mol. The minimum Gasteiger partial charge on any atom is -0.392 e. The van der Waals surface area contributed by atoms with Crippen molar-refractivity contribution in [2.45, 2.75) is 81.7 Å². The molecule has 3 rings (SSSR count). The van der Waals surface area contributed by atoms with E-state index in [2.05, 4.69) is 0 Å². The molecule has 2 aliphatic rings. The number of primary amides is 2. The van der Waals surface area contributed by atoms with Crippen molar-refractivity contribution in [3.63, 3.8) is 0 Å². The maximum atomic E-state index is 15.0. The van der Waals surface area contributed by atoms with Crippen LogP contribution in [0.2, 0.25) is 0 Å². The molecule has 0 radical (unpaired) electrons. The van der Waals surface area contributed by atoms with Crippen molar-refractivity contribution in [2.75, 3.05) is 13.1 Å². The van der Waals surface area contributed by atoms with Crippen LogP contribution in [0, 0.1) is 5.82 Å². The lowest BCUT2D eigenvalue weighted by molar-refractivity contribution is -0.151. The van der Waals surface area contributed by atoms with Crippen molar-refractivity contribution in [1.82, 2.24) is 9.80 Å². The van der Waals surface area contributed by atoms with E-state index >= 15 is 4.39 Å². The van der Waals surface area contributed by atoms with E-state index < -0.39 is 65.2 Å². The zero-order valence-electron chi connectivity index (χ0n) is 21.1. The van der Waals surface area contributed by atoms with Crippen LogP contribution in [0.25, 0.3) is 0 Å². The topological polar surface area (TPSA) is 193 Å². The van der Waals surface area contributed by atoms with Crippen LogP contribution >= 0.6 is 0 Å². The molecule has 4 amide bonds. The molecular formula is C25H36FN5O6. The molecule has 204 valence electrons. The maximum Gasteiger partial charge on any atom is 0.246 e. The zero-order valence-corrected chi connectivity index (χ0v) is 21.1. The number of hydrogen-bond donors (Lipinski definition) is 5.